The second kappa shape index (κ2) is 10.8. The number of ether oxygens (including phenoxy) is 3. The molecule has 10 nitrogen and oxygen atoms in total. The van der Waals surface area contributed by atoms with Crippen molar-refractivity contribution >= 4 is 17.9 Å². The van der Waals surface area contributed by atoms with Crippen molar-refractivity contribution in [2.75, 3.05) is 32.6 Å². The number of rotatable bonds is 6. The van der Waals surface area contributed by atoms with Gasteiger partial charge in [-0.3, -0.25) is 5.32 Å². The van der Waals surface area contributed by atoms with Crippen LogP contribution in [0.5, 0.6) is 0 Å². The van der Waals surface area contributed by atoms with E-state index in [1.165, 1.54) is 14.2 Å². The average molecular weight is 506 g/mol. The molecule has 0 bridgehead atoms. The van der Waals surface area contributed by atoms with Crippen LogP contribution < -0.4 is 10.6 Å². The van der Waals surface area contributed by atoms with E-state index in [4.69, 9.17) is 19.3 Å². The molecule has 1 aromatic carbocycles. The Hall–Kier alpha value is -3.18. The maximum Gasteiger partial charge on any atom is 0.410 e. The van der Waals surface area contributed by atoms with Crippen molar-refractivity contribution < 1.29 is 28.2 Å². The van der Waals surface area contributed by atoms with Crippen molar-refractivity contribution in [3.05, 3.63) is 40.3 Å². The van der Waals surface area contributed by atoms with Crippen molar-refractivity contribution in [2.45, 2.75) is 65.9 Å². The Morgan fingerprint density at radius 3 is 2.36 bits per heavy atom. The summed E-state index contributed by atoms with van der Waals surface area (Å²) in [5, 5.41) is 10.3. The number of benzene rings is 1. The van der Waals surface area contributed by atoms with Gasteiger partial charge in [-0.1, -0.05) is 0 Å². The molecule has 3 rings (SSSR count). The first-order valence-corrected chi connectivity index (χ1v) is 11.8. The van der Waals surface area contributed by atoms with Crippen molar-refractivity contribution in [1.29, 1.82) is 0 Å². The molecule has 1 aliphatic rings. The van der Waals surface area contributed by atoms with Gasteiger partial charge in [-0.05, 0) is 64.8 Å². The molecule has 0 saturated heterocycles. The van der Waals surface area contributed by atoms with Gasteiger partial charge < -0.3 is 24.4 Å². The van der Waals surface area contributed by atoms with Crippen LogP contribution in [-0.4, -0.2) is 66.0 Å². The van der Waals surface area contributed by atoms with E-state index in [1.54, 1.807) is 35.6 Å². The van der Waals surface area contributed by atoms with Gasteiger partial charge in [0.1, 0.15) is 17.2 Å². The monoisotopic (exact) mass is 505 g/mol. The predicted molar refractivity (Wildman–Crippen MR) is 133 cm³/mol. The van der Waals surface area contributed by atoms with Gasteiger partial charge in [0.05, 0.1) is 24.0 Å². The fourth-order valence-corrected chi connectivity index (χ4v) is 4.19. The lowest BCUT2D eigenvalue weighted by atomic mass is 10.00. The number of carbonyl (C=O) groups excluding carboxylic acids is 2. The fourth-order valence-electron chi connectivity index (χ4n) is 4.19. The highest BCUT2D eigenvalue weighted by molar-refractivity contribution is 5.90. The number of halogens is 1. The van der Waals surface area contributed by atoms with Gasteiger partial charge >= 0.3 is 12.1 Å². The highest BCUT2D eigenvalue weighted by atomic mass is 19.1. The van der Waals surface area contributed by atoms with Crippen LogP contribution >= 0.6 is 0 Å². The Labute approximate surface area is 211 Å². The molecule has 1 unspecified atom stereocenters. The number of hydrogen-bond donors (Lipinski definition) is 2. The van der Waals surface area contributed by atoms with Crippen LogP contribution in [0.3, 0.4) is 0 Å². The van der Waals surface area contributed by atoms with Gasteiger partial charge in [0.15, 0.2) is 6.29 Å². The van der Waals surface area contributed by atoms with Gasteiger partial charge in [0.2, 0.25) is 0 Å². The normalized spacial score (nSPS) is 15.6. The number of aromatic nitrogens is 2. The molecule has 1 atom stereocenters. The van der Waals surface area contributed by atoms with Gasteiger partial charge in [-0.15, -0.1) is 0 Å². The van der Waals surface area contributed by atoms with Crippen LogP contribution in [0.2, 0.25) is 0 Å². The van der Waals surface area contributed by atoms with E-state index in [0.29, 0.717) is 41.2 Å². The number of fused-ring (bicyclic) bond motifs is 1. The molecule has 1 aliphatic heterocycles. The predicted octanol–water partition coefficient (Wildman–Crippen LogP) is 4.22. The summed E-state index contributed by atoms with van der Waals surface area (Å²) in [4.78, 5) is 27.4. The van der Waals surface area contributed by atoms with Crippen molar-refractivity contribution in [3.63, 3.8) is 0 Å². The molecule has 0 saturated carbocycles. The fraction of sp³-hybridized carbons (Fsp3) is 0.560. The minimum Gasteiger partial charge on any atom is -0.444 e. The lowest BCUT2D eigenvalue weighted by Crippen LogP contribution is -2.42. The van der Waals surface area contributed by atoms with Gasteiger partial charge in [-0.2, -0.15) is 5.10 Å². The first-order chi connectivity index (χ1) is 16.9. The summed E-state index contributed by atoms with van der Waals surface area (Å²) in [5.41, 5.74) is 2.30. The quantitative estimate of drug-likeness (QED) is 0.570. The number of methoxy groups -OCH3 is 2. The molecule has 1 aromatic heterocycles. The molecule has 2 heterocycles. The summed E-state index contributed by atoms with van der Waals surface area (Å²) in [7, 11) is 2.96. The highest BCUT2D eigenvalue weighted by Gasteiger charge is 2.36. The van der Waals surface area contributed by atoms with E-state index in [-0.39, 0.29) is 12.4 Å². The Kier molecular flexibility index (Phi) is 8.25. The van der Waals surface area contributed by atoms with E-state index in [0.717, 1.165) is 5.69 Å². The second-order valence-corrected chi connectivity index (χ2v) is 9.85. The molecule has 2 N–H and O–H groups in total. The molecule has 11 heteroatoms. The van der Waals surface area contributed by atoms with Crippen molar-refractivity contribution in [2.24, 2.45) is 0 Å². The molecule has 0 radical (unpaired) electrons. The molecule has 0 spiro atoms. The maximum atomic E-state index is 14.4. The zero-order valence-electron chi connectivity index (χ0n) is 22.2. The summed E-state index contributed by atoms with van der Waals surface area (Å²) in [6.07, 6.45) is -0.588. The molecule has 3 amide bonds. The maximum absolute atomic E-state index is 14.4. The first-order valence-electron chi connectivity index (χ1n) is 11.8. The smallest absolute Gasteiger partial charge is 0.410 e. The molecular formula is C25H36FN5O5. The van der Waals surface area contributed by atoms with E-state index in [9.17, 15) is 14.0 Å². The Balaban J connectivity index is 2.03. The van der Waals surface area contributed by atoms with Crippen LogP contribution in [0.25, 0.3) is 5.69 Å². The highest BCUT2D eigenvalue weighted by Crippen LogP contribution is 2.37. The summed E-state index contributed by atoms with van der Waals surface area (Å²) in [5.74, 6) is 0.0950. The SMILES string of the molecule is COC(CNC(=O)Nc1c2c(nn1-c1cc(C)c(F)c(C)c1)CCN(C(=O)OC(C)(C)C)C2C)OC. The van der Waals surface area contributed by atoms with Crippen LogP contribution in [0.4, 0.5) is 19.8 Å². The largest absolute Gasteiger partial charge is 0.444 e. The Bertz CT molecular complexity index is 1100. The van der Waals surface area contributed by atoms with Gasteiger partial charge in [-0.25, -0.2) is 18.7 Å². The van der Waals surface area contributed by atoms with Gasteiger partial charge in [0.25, 0.3) is 0 Å². The average Bonchev–Trinajstić information content (AvgIpc) is 3.15. The standard InChI is InChI=1S/C25H36FN5O5/c1-14-11-17(12-15(2)21(14)26)31-22(28-23(32)27-13-19(34-7)35-8)20-16(3)30(10-9-18(20)29-31)24(33)36-25(4,5)6/h11-12,16,19H,9-10,13H2,1-8H3,(H2,27,28,32). The third-order valence-electron chi connectivity index (χ3n) is 5.95. The van der Waals surface area contributed by atoms with Gasteiger partial charge in [0, 0.05) is 32.7 Å². The number of amides is 3. The van der Waals surface area contributed by atoms with Crippen LogP contribution in [0, 0.1) is 19.7 Å². The van der Waals surface area contributed by atoms with Crippen molar-refractivity contribution in [1.82, 2.24) is 20.0 Å². The minimum atomic E-state index is -0.648. The van der Waals surface area contributed by atoms with Crippen molar-refractivity contribution in [3.8, 4) is 5.69 Å². The number of aryl methyl sites for hydroxylation is 2. The number of anilines is 1. The molecule has 198 valence electrons. The molecule has 36 heavy (non-hydrogen) atoms. The Morgan fingerprint density at radius 2 is 1.81 bits per heavy atom. The molecule has 0 fully saturated rings. The lowest BCUT2D eigenvalue weighted by Gasteiger charge is -2.34. The van der Waals surface area contributed by atoms with Crippen LogP contribution in [0.15, 0.2) is 12.1 Å². The third kappa shape index (κ3) is 5.96. The van der Waals surface area contributed by atoms with E-state index < -0.39 is 30.1 Å². The number of nitrogens with zero attached hydrogens (tertiary/aromatic N) is 3. The zero-order chi connectivity index (χ0) is 26.8. The molecule has 2 aromatic rings. The Morgan fingerprint density at radius 1 is 1.19 bits per heavy atom. The zero-order valence-corrected chi connectivity index (χ0v) is 22.2. The summed E-state index contributed by atoms with van der Waals surface area (Å²) >= 11 is 0. The second-order valence-electron chi connectivity index (χ2n) is 9.85. The summed E-state index contributed by atoms with van der Waals surface area (Å²) in [6.45, 7) is 11.2. The molecule has 0 aliphatic carbocycles. The number of hydrogen-bond acceptors (Lipinski definition) is 6. The third-order valence-corrected chi connectivity index (χ3v) is 5.95. The summed E-state index contributed by atoms with van der Waals surface area (Å²) in [6, 6.07) is 2.41. The first kappa shape index (κ1) is 27.4. The number of urea groups is 1. The summed E-state index contributed by atoms with van der Waals surface area (Å²) < 4.78 is 31.8. The van der Waals surface area contributed by atoms with E-state index in [1.807, 2.05) is 27.7 Å². The number of nitrogens with one attached hydrogen (secondary N) is 2. The van der Waals surface area contributed by atoms with Crippen LogP contribution in [-0.2, 0) is 20.6 Å². The number of carbonyl (C=O) groups is 2. The van der Waals surface area contributed by atoms with E-state index >= 15 is 0 Å². The lowest BCUT2D eigenvalue weighted by molar-refractivity contribution is -0.0970. The topological polar surface area (TPSA) is 107 Å². The molecular weight excluding hydrogens is 469 g/mol. The van der Waals surface area contributed by atoms with Crippen LogP contribution in [0.1, 0.15) is 56.1 Å². The van der Waals surface area contributed by atoms with E-state index in [2.05, 4.69) is 10.6 Å². The minimum absolute atomic E-state index is 0.115.